The van der Waals surface area contributed by atoms with Gasteiger partial charge in [-0.1, -0.05) is 44.8 Å². The van der Waals surface area contributed by atoms with Crippen molar-refractivity contribution < 1.29 is 57.3 Å². The summed E-state index contributed by atoms with van der Waals surface area (Å²) in [6, 6.07) is -1.57. The third-order valence-electron chi connectivity index (χ3n) is 5.08. The first-order valence-corrected chi connectivity index (χ1v) is 14.3. The van der Waals surface area contributed by atoms with Gasteiger partial charge in [0.1, 0.15) is 18.8 Å². The fourth-order valence-corrected chi connectivity index (χ4v) is 3.80. The number of esters is 1. The van der Waals surface area contributed by atoms with Gasteiger partial charge in [0.05, 0.1) is 25.9 Å². The largest absolute Gasteiger partial charge is 0.480 e. The van der Waals surface area contributed by atoms with Crippen molar-refractivity contribution in [3.8, 4) is 0 Å². The molecule has 0 saturated carbocycles. The van der Waals surface area contributed by atoms with E-state index in [-0.39, 0.29) is 6.42 Å². The summed E-state index contributed by atoms with van der Waals surface area (Å²) in [6.45, 7) is 4.23. The highest BCUT2D eigenvalue weighted by Crippen LogP contribution is 2.44. The Morgan fingerprint density at radius 2 is 1.53 bits per heavy atom. The van der Waals surface area contributed by atoms with E-state index in [9.17, 15) is 28.9 Å². The second-order valence-corrected chi connectivity index (χ2v) is 10.0. The quantitative estimate of drug-likeness (QED) is 0.0410. The Balaban J connectivity index is 3.83. The summed E-state index contributed by atoms with van der Waals surface area (Å²) in [6.07, 6.45) is 7.48. The Morgan fingerprint density at radius 3 is 2.08 bits per heavy atom. The zero-order chi connectivity index (χ0) is 28.8. The van der Waals surface area contributed by atoms with Crippen LogP contribution in [-0.2, 0) is 42.2 Å². The first-order valence-electron chi connectivity index (χ1n) is 12.8. The Hall–Kier alpha value is -1.70. The van der Waals surface area contributed by atoms with Crippen LogP contribution < -0.4 is 5.73 Å². The molecule has 0 amide bonds. The third-order valence-corrected chi connectivity index (χ3v) is 6.16. The standard InChI is InChI=1S/C24H44NO12P/c1-3-4-5-8-13-33-15-10-11-16-34-14-9-6-7-12-21(27)24(30)35-17-20(26)18-36-38(31,32)37-19(2)22(25)23(28)29/h10-11,19-20,22,26H,3-9,12-18,25H2,1-2H3,(H,28,29)(H,31,32)/b11-10-/t19-,20+,22-/m0/s1. The molecule has 0 aliphatic carbocycles. The molecule has 0 fully saturated rings. The molecule has 14 heteroatoms. The summed E-state index contributed by atoms with van der Waals surface area (Å²) >= 11 is 0. The number of phosphoric ester groups is 1. The van der Waals surface area contributed by atoms with Crippen molar-refractivity contribution in [3.63, 3.8) is 0 Å². The molecular formula is C24H44NO12P. The Kier molecular flexibility index (Phi) is 21.2. The summed E-state index contributed by atoms with van der Waals surface area (Å²) < 4.78 is 36.6. The number of carboxylic acids is 1. The van der Waals surface area contributed by atoms with Gasteiger partial charge < -0.3 is 35.1 Å². The lowest BCUT2D eigenvalue weighted by molar-refractivity contribution is -0.156. The van der Waals surface area contributed by atoms with Crippen LogP contribution in [0, 0.1) is 0 Å². The second-order valence-electron chi connectivity index (χ2n) is 8.61. The Bertz CT molecular complexity index is 748. The van der Waals surface area contributed by atoms with Crippen molar-refractivity contribution in [1.82, 2.24) is 0 Å². The van der Waals surface area contributed by atoms with Crippen molar-refractivity contribution in [3.05, 3.63) is 12.2 Å². The maximum Gasteiger partial charge on any atom is 0.472 e. The number of nitrogens with two attached hydrogens (primary N) is 1. The molecule has 0 aliphatic heterocycles. The predicted octanol–water partition coefficient (Wildman–Crippen LogP) is 2.12. The number of rotatable bonds is 25. The summed E-state index contributed by atoms with van der Waals surface area (Å²) in [5.74, 6) is -3.34. The topological polar surface area (TPSA) is 201 Å². The molecule has 13 nitrogen and oxygen atoms in total. The molecule has 0 aromatic carbocycles. The maximum atomic E-state index is 11.8. The van der Waals surface area contributed by atoms with Crippen molar-refractivity contribution in [1.29, 1.82) is 0 Å². The summed E-state index contributed by atoms with van der Waals surface area (Å²) in [7, 11) is -4.73. The molecule has 0 aromatic rings. The molecule has 0 rings (SSSR count). The number of hydrogen-bond acceptors (Lipinski definition) is 11. The van der Waals surface area contributed by atoms with E-state index in [1.807, 2.05) is 12.2 Å². The van der Waals surface area contributed by atoms with Gasteiger partial charge in [0.25, 0.3) is 0 Å². The SMILES string of the molecule is CCCCCCOC/C=C\COCCCCCC(=O)C(=O)OC[C@@H](O)COP(=O)(O)O[C@@H](C)[C@H](N)C(=O)O. The molecule has 5 N–H and O–H groups in total. The van der Waals surface area contributed by atoms with E-state index >= 15 is 0 Å². The van der Waals surface area contributed by atoms with Gasteiger partial charge >= 0.3 is 19.8 Å². The van der Waals surface area contributed by atoms with Crippen LogP contribution in [0.4, 0.5) is 0 Å². The number of unbranched alkanes of at least 4 members (excludes halogenated alkanes) is 5. The Labute approximate surface area is 224 Å². The van der Waals surface area contributed by atoms with Gasteiger partial charge in [0.15, 0.2) is 0 Å². The number of aliphatic hydroxyl groups excluding tert-OH is 1. The van der Waals surface area contributed by atoms with E-state index in [0.717, 1.165) is 26.4 Å². The number of carboxylic acid groups (broad SMARTS) is 1. The normalized spacial score (nSPS) is 15.6. The lowest BCUT2D eigenvalue weighted by atomic mass is 10.1. The van der Waals surface area contributed by atoms with Crippen LogP contribution in [0.1, 0.15) is 65.2 Å². The molecule has 4 atom stereocenters. The molecule has 0 saturated heterocycles. The van der Waals surface area contributed by atoms with Crippen molar-refractivity contribution in [2.75, 3.05) is 39.6 Å². The number of carbonyl (C=O) groups excluding carboxylic acids is 2. The van der Waals surface area contributed by atoms with Crippen LogP contribution in [0.15, 0.2) is 12.2 Å². The molecule has 0 radical (unpaired) electrons. The van der Waals surface area contributed by atoms with E-state index < -0.39 is 57.0 Å². The van der Waals surface area contributed by atoms with Gasteiger partial charge in [0.2, 0.25) is 5.78 Å². The van der Waals surface area contributed by atoms with E-state index in [4.69, 9.17) is 20.3 Å². The van der Waals surface area contributed by atoms with Gasteiger partial charge in [0, 0.05) is 19.6 Å². The molecule has 0 bridgehead atoms. The van der Waals surface area contributed by atoms with Gasteiger partial charge in [-0.05, 0) is 26.2 Å². The van der Waals surface area contributed by atoms with Crippen LogP contribution in [0.3, 0.4) is 0 Å². The molecule has 222 valence electrons. The smallest absolute Gasteiger partial charge is 0.472 e. The average molecular weight is 570 g/mol. The van der Waals surface area contributed by atoms with Crippen LogP contribution in [0.25, 0.3) is 0 Å². The number of ketones is 1. The summed E-state index contributed by atoms with van der Waals surface area (Å²) in [4.78, 5) is 43.9. The number of aliphatic carboxylic acids is 1. The predicted molar refractivity (Wildman–Crippen MR) is 137 cm³/mol. The minimum atomic E-state index is -4.73. The molecular weight excluding hydrogens is 525 g/mol. The lowest BCUT2D eigenvalue weighted by Gasteiger charge is -2.21. The first-order chi connectivity index (χ1) is 18.0. The van der Waals surface area contributed by atoms with Crippen LogP contribution in [0.2, 0.25) is 0 Å². The maximum absolute atomic E-state index is 11.8. The number of Topliss-reactive ketones (excluding diaryl/α,β-unsaturated/α-hetero) is 1. The summed E-state index contributed by atoms with van der Waals surface area (Å²) in [5, 5.41) is 18.5. The van der Waals surface area contributed by atoms with Crippen LogP contribution in [0.5, 0.6) is 0 Å². The van der Waals surface area contributed by atoms with E-state index in [1.54, 1.807) is 0 Å². The molecule has 1 unspecified atom stereocenters. The third kappa shape index (κ3) is 20.3. The van der Waals surface area contributed by atoms with Gasteiger partial charge in [-0.25, -0.2) is 9.36 Å². The van der Waals surface area contributed by atoms with E-state index in [1.165, 1.54) is 19.3 Å². The minimum Gasteiger partial charge on any atom is -0.480 e. The van der Waals surface area contributed by atoms with Crippen molar-refractivity contribution >= 4 is 25.5 Å². The zero-order valence-corrected chi connectivity index (χ0v) is 23.2. The molecule has 38 heavy (non-hydrogen) atoms. The number of phosphoric acid groups is 1. The molecule has 0 aromatic heterocycles. The van der Waals surface area contributed by atoms with Crippen molar-refractivity contribution in [2.45, 2.75) is 83.5 Å². The number of carbonyl (C=O) groups is 3. The molecule has 0 heterocycles. The van der Waals surface area contributed by atoms with Crippen LogP contribution in [-0.4, -0.2) is 90.7 Å². The Morgan fingerprint density at radius 1 is 0.947 bits per heavy atom. The fourth-order valence-electron chi connectivity index (χ4n) is 2.83. The number of hydrogen-bond donors (Lipinski definition) is 4. The fraction of sp³-hybridized carbons (Fsp3) is 0.792. The number of ether oxygens (including phenoxy) is 3. The zero-order valence-electron chi connectivity index (χ0n) is 22.3. The van der Waals surface area contributed by atoms with Gasteiger partial charge in [-0.15, -0.1) is 0 Å². The van der Waals surface area contributed by atoms with E-state index in [0.29, 0.717) is 32.7 Å². The lowest BCUT2D eigenvalue weighted by Crippen LogP contribution is -2.41. The second kappa shape index (κ2) is 22.2. The highest BCUT2D eigenvalue weighted by molar-refractivity contribution is 7.47. The monoisotopic (exact) mass is 569 g/mol. The van der Waals surface area contributed by atoms with Gasteiger partial charge in [-0.3, -0.25) is 18.6 Å². The van der Waals surface area contributed by atoms with E-state index in [2.05, 4.69) is 20.7 Å². The van der Waals surface area contributed by atoms with Gasteiger partial charge in [-0.2, -0.15) is 0 Å². The summed E-state index contributed by atoms with van der Waals surface area (Å²) in [5.41, 5.74) is 5.27. The minimum absolute atomic E-state index is 0.0255. The number of aliphatic hydroxyl groups is 1. The highest BCUT2D eigenvalue weighted by atomic mass is 31.2. The first kappa shape index (κ1) is 36.3. The highest BCUT2D eigenvalue weighted by Gasteiger charge is 2.31. The van der Waals surface area contributed by atoms with Crippen molar-refractivity contribution in [2.24, 2.45) is 5.73 Å². The average Bonchev–Trinajstić information content (AvgIpc) is 2.87. The molecule has 0 aliphatic rings. The molecule has 0 spiro atoms. The van der Waals surface area contributed by atoms with Crippen LogP contribution >= 0.6 is 7.82 Å².